The molecule has 0 spiro atoms. The van der Waals surface area contributed by atoms with Crippen LogP contribution in [0.5, 0.6) is 11.6 Å². The molecule has 2 N–H and O–H groups in total. The van der Waals surface area contributed by atoms with Crippen molar-refractivity contribution in [2.24, 2.45) is 4.99 Å². The molecule has 0 saturated heterocycles. The molecule has 1 aromatic heterocycles. The predicted octanol–water partition coefficient (Wildman–Crippen LogP) is 2.58. The molecule has 0 saturated carbocycles. The van der Waals surface area contributed by atoms with Crippen molar-refractivity contribution in [2.75, 3.05) is 19.7 Å². The van der Waals surface area contributed by atoms with E-state index in [4.69, 9.17) is 4.74 Å². The van der Waals surface area contributed by atoms with E-state index in [1.807, 2.05) is 36.1 Å². The predicted molar refractivity (Wildman–Crippen MR) is 110 cm³/mol. The van der Waals surface area contributed by atoms with Crippen LogP contribution in [-0.4, -0.2) is 52.3 Å². The van der Waals surface area contributed by atoms with Gasteiger partial charge >= 0.3 is 4.87 Å². The number of carbonyl (C=O) groups excluding carboxylic acids is 1. The van der Waals surface area contributed by atoms with Crippen molar-refractivity contribution < 1.29 is 14.6 Å². The summed E-state index contributed by atoms with van der Waals surface area (Å²) in [5, 5.41) is 9.67. The van der Waals surface area contributed by atoms with Crippen LogP contribution in [0.4, 0.5) is 0 Å². The Morgan fingerprint density at radius 3 is 2.71 bits per heavy atom. The van der Waals surface area contributed by atoms with Gasteiger partial charge in [0.15, 0.2) is 5.78 Å². The average Bonchev–Trinajstić information content (AvgIpc) is 2.97. The molecular formula is C20H25N3O4S. The summed E-state index contributed by atoms with van der Waals surface area (Å²) >= 11 is 1.01. The first-order chi connectivity index (χ1) is 13.5. The molecular weight excluding hydrogens is 378 g/mol. The molecule has 1 aliphatic rings. The number of nitrogens with zero attached hydrogens (tertiary/aromatic N) is 2. The summed E-state index contributed by atoms with van der Waals surface area (Å²) in [7, 11) is 0. The molecule has 2 aromatic rings. The standard InChI is InChI=1S/C20H25N3O4S/c1-3-4-18-21-13(2)16(24)12-23(18)9-10-27-15-7-5-14(6-8-15)11-17-19(25)22-20(26)28-17/h5-8,13,25H,3-4,9-12H2,1-2H3,(H,22,26). The monoisotopic (exact) mass is 403 g/mol. The zero-order valence-electron chi connectivity index (χ0n) is 16.1. The second-order valence-corrected chi connectivity index (χ2v) is 7.88. The first kappa shape index (κ1) is 20.1. The number of aromatic amines is 1. The van der Waals surface area contributed by atoms with E-state index in [2.05, 4.69) is 16.9 Å². The lowest BCUT2D eigenvalue weighted by molar-refractivity contribution is -0.120. The van der Waals surface area contributed by atoms with Crippen molar-refractivity contribution in [1.29, 1.82) is 0 Å². The van der Waals surface area contributed by atoms with Crippen LogP contribution in [-0.2, 0) is 11.2 Å². The molecule has 7 nitrogen and oxygen atoms in total. The van der Waals surface area contributed by atoms with Crippen LogP contribution in [0.15, 0.2) is 34.1 Å². The molecule has 1 atom stereocenters. The fourth-order valence-electron chi connectivity index (χ4n) is 3.08. The molecule has 8 heteroatoms. The number of hydrogen-bond donors (Lipinski definition) is 2. The Morgan fingerprint density at radius 2 is 2.07 bits per heavy atom. The number of carbonyl (C=O) groups is 1. The van der Waals surface area contributed by atoms with E-state index in [0.717, 1.165) is 41.3 Å². The molecule has 2 heterocycles. The van der Waals surface area contributed by atoms with Gasteiger partial charge in [-0.2, -0.15) is 0 Å². The van der Waals surface area contributed by atoms with Crippen LogP contribution in [0.3, 0.4) is 0 Å². The SMILES string of the molecule is CCCC1=NC(C)C(=O)CN1CCOc1ccc(Cc2sc(=O)[nH]c2O)cc1. The molecule has 0 aliphatic carbocycles. The highest BCUT2D eigenvalue weighted by molar-refractivity contribution is 7.09. The molecule has 0 fully saturated rings. The van der Waals surface area contributed by atoms with Crippen LogP contribution in [0, 0.1) is 0 Å². The Balaban J connectivity index is 1.53. The number of H-pyrrole nitrogens is 1. The van der Waals surface area contributed by atoms with E-state index in [0.29, 0.717) is 31.0 Å². The Labute approximate surface area is 167 Å². The number of ketones is 1. The number of ether oxygens (including phenoxy) is 1. The maximum Gasteiger partial charge on any atom is 0.307 e. The third kappa shape index (κ3) is 5.01. The number of rotatable bonds is 8. The lowest BCUT2D eigenvalue weighted by atomic mass is 10.1. The molecule has 150 valence electrons. The Kier molecular flexibility index (Phi) is 6.51. The number of nitrogens with one attached hydrogen (secondary N) is 1. The number of aromatic hydroxyl groups is 1. The van der Waals surface area contributed by atoms with Crippen LogP contribution < -0.4 is 9.61 Å². The minimum Gasteiger partial charge on any atom is -0.494 e. The molecule has 28 heavy (non-hydrogen) atoms. The molecule has 0 bridgehead atoms. The Hall–Kier alpha value is -2.61. The van der Waals surface area contributed by atoms with Gasteiger partial charge in [-0.25, -0.2) is 0 Å². The molecule has 1 aromatic carbocycles. The average molecular weight is 404 g/mol. The van der Waals surface area contributed by atoms with Gasteiger partial charge in [0.05, 0.1) is 18.0 Å². The van der Waals surface area contributed by atoms with Crippen molar-refractivity contribution >= 4 is 23.0 Å². The topological polar surface area (TPSA) is 95.0 Å². The third-order valence-electron chi connectivity index (χ3n) is 4.61. The second-order valence-electron chi connectivity index (χ2n) is 6.81. The number of benzene rings is 1. The quantitative estimate of drug-likeness (QED) is 0.706. The highest BCUT2D eigenvalue weighted by atomic mass is 32.1. The van der Waals surface area contributed by atoms with Crippen LogP contribution in [0.25, 0.3) is 0 Å². The zero-order valence-corrected chi connectivity index (χ0v) is 16.9. The second kappa shape index (κ2) is 9.05. The van der Waals surface area contributed by atoms with Crippen molar-refractivity contribution in [2.45, 2.75) is 39.2 Å². The van der Waals surface area contributed by atoms with Gasteiger partial charge in [-0.1, -0.05) is 30.4 Å². The fraction of sp³-hybridized carbons (Fsp3) is 0.450. The Morgan fingerprint density at radius 1 is 1.32 bits per heavy atom. The van der Waals surface area contributed by atoms with Crippen molar-refractivity contribution in [3.05, 3.63) is 44.4 Å². The summed E-state index contributed by atoms with van der Waals surface area (Å²) < 4.78 is 5.82. The summed E-state index contributed by atoms with van der Waals surface area (Å²) in [4.78, 5) is 32.5. The van der Waals surface area contributed by atoms with Gasteiger partial charge in [0.2, 0.25) is 5.88 Å². The summed E-state index contributed by atoms with van der Waals surface area (Å²) in [6.45, 7) is 5.42. The number of amidine groups is 1. The lowest BCUT2D eigenvalue weighted by Crippen LogP contribution is -2.45. The van der Waals surface area contributed by atoms with E-state index in [9.17, 15) is 14.7 Å². The smallest absolute Gasteiger partial charge is 0.307 e. The van der Waals surface area contributed by atoms with Gasteiger partial charge in [0.1, 0.15) is 24.2 Å². The van der Waals surface area contributed by atoms with E-state index >= 15 is 0 Å². The number of hydrogen-bond acceptors (Lipinski definition) is 7. The molecule has 3 rings (SSSR count). The maximum absolute atomic E-state index is 12.0. The van der Waals surface area contributed by atoms with Crippen molar-refractivity contribution in [3.63, 3.8) is 0 Å². The normalized spacial score (nSPS) is 16.9. The number of aliphatic imine (C=N–C) groups is 1. The van der Waals surface area contributed by atoms with Gasteiger partial charge in [-0.3, -0.25) is 19.6 Å². The largest absolute Gasteiger partial charge is 0.494 e. The third-order valence-corrected chi connectivity index (χ3v) is 5.48. The first-order valence-corrected chi connectivity index (χ1v) is 10.2. The summed E-state index contributed by atoms with van der Waals surface area (Å²) in [5.74, 6) is 1.80. The van der Waals surface area contributed by atoms with Crippen molar-refractivity contribution in [3.8, 4) is 11.6 Å². The molecule has 1 aliphatic heterocycles. The van der Waals surface area contributed by atoms with E-state index in [-0.39, 0.29) is 22.6 Å². The summed E-state index contributed by atoms with van der Waals surface area (Å²) in [6.07, 6.45) is 2.34. The zero-order chi connectivity index (χ0) is 20.1. The van der Waals surface area contributed by atoms with Crippen LogP contribution in [0.2, 0.25) is 0 Å². The molecule has 0 amide bonds. The van der Waals surface area contributed by atoms with Crippen molar-refractivity contribution in [1.82, 2.24) is 9.88 Å². The molecule has 1 unspecified atom stereocenters. The van der Waals surface area contributed by atoms with Gasteiger partial charge in [0, 0.05) is 12.8 Å². The number of Topliss-reactive ketones (excluding diaryl/α,β-unsaturated/α-hetero) is 1. The minimum absolute atomic E-state index is 0.0646. The van der Waals surface area contributed by atoms with Crippen LogP contribution in [0.1, 0.15) is 37.1 Å². The van der Waals surface area contributed by atoms with Crippen LogP contribution >= 0.6 is 11.3 Å². The minimum atomic E-state index is -0.260. The van der Waals surface area contributed by atoms with Gasteiger partial charge in [-0.15, -0.1) is 0 Å². The maximum atomic E-state index is 12.0. The fourth-order valence-corrected chi connectivity index (χ4v) is 3.84. The number of aromatic nitrogens is 1. The Bertz CT molecular complexity index is 901. The summed E-state index contributed by atoms with van der Waals surface area (Å²) in [5.41, 5.74) is 0.978. The van der Waals surface area contributed by atoms with E-state index in [1.165, 1.54) is 0 Å². The van der Waals surface area contributed by atoms with Gasteiger partial charge in [-0.05, 0) is 31.0 Å². The van der Waals surface area contributed by atoms with E-state index in [1.54, 1.807) is 0 Å². The highest BCUT2D eigenvalue weighted by Gasteiger charge is 2.24. The van der Waals surface area contributed by atoms with Gasteiger partial charge < -0.3 is 14.7 Å². The highest BCUT2D eigenvalue weighted by Crippen LogP contribution is 2.22. The first-order valence-electron chi connectivity index (χ1n) is 9.43. The summed E-state index contributed by atoms with van der Waals surface area (Å²) in [6, 6.07) is 7.31. The lowest BCUT2D eigenvalue weighted by Gasteiger charge is -2.30. The molecule has 0 radical (unpaired) electrons. The number of thiazole rings is 1. The van der Waals surface area contributed by atoms with Gasteiger partial charge in [0.25, 0.3) is 0 Å². The van der Waals surface area contributed by atoms with E-state index < -0.39 is 0 Å².